The zero-order valence-corrected chi connectivity index (χ0v) is 24.1. The topological polar surface area (TPSA) is 16.4 Å². The van der Waals surface area contributed by atoms with Gasteiger partial charge in [0.05, 0.1) is 0 Å². The van der Waals surface area contributed by atoms with Crippen LogP contribution in [0.2, 0.25) is 0 Å². The van der Waals surface area contributed by atoms with E-state index >= 15 is 0 Å². The first-order valence-corrected chi connectivity index (χ1v) is 14.9. The summed E-state index contributed by atoms with van der Waals surface area (Å²) in [6.45, 7) is 0. The summed E-state index contributed by atoms with van der Waals surface area (Å²) in [6, 6.07) is 62.2. The van der Waals surface area contributed by atoms with Crippen molar-refractivity contribution >= 4 is 39.0 Å². The molecule has 44 heavy (non-hydrogen) atoms. The molecular formula is C42H29NO. The maximum Gasteiger partial charge on any atom is 0.135 e. The van der Waals surface area contributed by atoms with Crippen LogP contribution in [0.3, 0.4) is 0 Å². The first-order chi connectivity index (χ1) is 21.8. The van der Waals surface area contributed by atoms with Gasteiger partial charge in [0, 0.05) is 27.8 Å². The van der Waals surface area contributed by atoms with Crippen LogP contribution in [0.25, 0.3) is 55.3 Å². The first-order valence-electron chi connectivity index (χ1n) is 14.9. The predicted octanol–water partition coefficient (Wildman–Crippen LogP) is 12.1. The fourth-order valence-electron chi connectivity index (χ4n) is 6.02. The molecule has 0 saturated heterocycles. The van der Waals surface area contributed by atoms with Crippen LogP contribution in [0.4, 0.5) is 17.1 Å². The smallest absolute Gasteiger partial charge is 0.135 e. The van der Waals surface area contributed by atoms with Gasteiger partial charge in [-0.25, -0.2) is 0 Å². The van der Waals surface area contributed by atoms with Gasteiger partial charge >= 0.3 is 0 Å². The normalized spacial score (nSPS) is 11.2. The van der Waals surface area contributed by atoms with Gasteiger partial charge in [0.1, 0.15) is 11.2 Å². The van der Waals surface area contributed by atoms with Crippen LogP contribution in [0.5, 0.6) is 0 Å². The van der Waals surface area contributed by atoms with Crippen LogP contribution in [0.15, 0.2) is 180 Å². The average Bonchev–Trinajstić information content (AvgIpc) is 3.48. The zero-order valence-electron chi connectivity index (χ0n) is 24.1. The molecule has 0 aliphatic carbocycles. The second-order valence-electron chi connectivity index (χ2n) is 11.0. The molecule has 0 aliphatic heterocycles. The van der Waals surface area contributed by atoms with Crippen LogP contribution in [-0.4, -0.2) is 0 Å². The quantitative estimate of drug-likeness (QED) is 0.200. The Kier molecular flexibility index (Phi) is 6.51. The summed E-state index contributed by atoms with van der Waals surface area (Å²) in [5.41, 5.74) is 12.4. The Hall–Kier alpha value is -5.86. The summed E-state index contributed by atoms with van der Waals surface area (Å²) in [4.78, 5) is 2.30. The summed E-state index contributed by atoms with van der Waals surface area (Å²) in [7, 11) is 0. The molecule has 0 unspecified atom stereocenters. The third-order valence-electron chi connectivity index (χ3n) is 8.30. The Balaban J connectivity index is 1.11. The Morgan fingerprint density at radius 1 is 0.295 bits per heavy atom. The van der Waals surface area contributed by atoms with E-state index in [4.69, 9.17) is 4.42 Å². The molecule has 208 valence electrons. The van der Waals surface area contributed by atoms with Crippen molar-refractivity contribution in [2.45, 2.75) is 0 Å². The van der Waals surface area contributed by atoms with Gasteiger partial charge < -0.3 is 9.32 Å². The van der Waals surface area contributed by atoms with Crippen molar-refractivity contribution in [3.8, 4) is 33.4 Å². The van der Waals surface area contributed by atoms with Crippen molar-refractivity contribution in [2.75, 3.05) is 4.90 Å². The highest BCUT2D eigenvalue weighted by Crippen LogP contribution is 2.38. The Morgan fingerprint density at radius 2 is 0.705 bits per heavy atom. The second-order valence-corrected chi connectivity index (χ2v) is 11.0. The van der Waals surface area contributed by atoms with Gasteiger partial charge in [-0.2, -0.15) is 0 Å². The standard InChI is InChI=1S/C42H29NO/c1-3-9-30(10-4-1)31-15-17-32(18-16-31)33-19-24-37(25-20-33)43(36-11-5-2-6-12-36)38-26-21-34(22-27-38)35-23-28-42-40(29-35)39-13-7-8-14-41(39)44-42/h1-29H. The average molecular weight is 564 g/mol. The van der Waals surface area contributed by atoms with Gasteiger partial charge in [0.15, 0.2) is 0 Å². The number of para-hydroxylation sites is 2. The van der Waals surface area contributed by atoms with E-state index in [0.717, 1.165) is 39.0 Å². The van der Waals surface area contributed by atoms with Gasteiger partial charge in [-0.3, -0.25) is 0 Å². The lowest BCUT2D eigenvalue weighted by Gasteiger charge is -2.26. The first kappa shape index (κ1) is 25.8. The van der Waals surface area contributed by atoms with E-state index in [1.54, 1.807) is 0 Å². The van der Waals surface area contributed by atoms with Gasteiger partial charge in [-0.15, -0.1) is 0 Å². The van der Waals surface area contributed by atoms with Crippen molar-refractivity contribution < 1.29 is 4.42 Å². The zero-order chi connectivity index (χ0) is 29.3. The third kappa shape index (κ3) is 4.83. The predicted molar refractivity (Wildman–Crippen MR) is 185 cm³/mol. The molecule has 1 heterocycles. The van der Waals surface area contributed by atoms with Gasteiger partial charge in [0.25, 0.3) is 0 Å². The van der Waals surface area contributed by atoms with Crippen molar-refractivity contribution in [3.63, 3.8) is 0 Å². The molecule has 0 spiro atoms. The highest BCUT2D eigenvalue weighted by atomic mass is 16.3. The highest BCUT2D eigenvalue weighted by Gasteiger charge is 2.14. The molecule has 0 amide bonds. The number of hydrogen-bond donors (Lipinski definition) is 0. The molecule has 1 aromatic heterocycles. The van der Waals surface area contributed by atoms with E-state index < -0.39 is 0 Å². The van der Waals surface area contributed by atoms with E-state index in [-0.39, 0.29) is 0 Å². The summed E-state index contributed by atoms with van der Waals surface area (Å²) < 4.78 is 6.05. The SMILES string of the molecule is c1ccc(-c2ccc(-c3ccc(N(c4ccccc4)c4ccc(-c5ccc6oc7ccccc7c6c5)cc4)cc3)cc2)cc1. The molecule has 0 N–H and O–H groups in total. The minimum absolute atomic E-state index is 0.914. The number of fused-ring (bicyclic) bond motifs is 3. The number of benzene rings is 7. The van der Waals surface area contributed by atoms with Crippen molar-refractivity contribution in [1.82, 2.24) is 0 Å². The largest absolute Gasteiger partial charge is 0.456 e. The lowest BCUT2D eigenvalue weighted by atomic mass is 10.00. The Labute approximate surface area is 257 Å². The van der Waals surface area contributed by atoms with Crippen LogP contribution < -0.4 is 4.90 Å². The minimum atomic E-state index is 0.914. The number of nitrogens with zero attached hydrogens (tertiary/aromatic N) is 1. The molecule has 8 aromatic rings. The summed E-state index contributed by atoms with van der Waals surface area (Å²) in [5.74, 6) is 0. The Morgan fingerprint density at radius 3 is 1.32 bits per heavy atom. The van der Waals surface area contributed by atoms with E-state index in [1.165, 1.54) is 33.4 Å². The summed E-state index contributed by atoms with van der Waals surface area (Å²) in [5, 5.41) is 2.29. The van der Waals surface area contributed by atoms with Gasteiger partial charge in [-0.1, -0.05) is 121 Å². The van der Waals surface area contributed by atoms with Crippen molar-refractivity contribution in [2.24, 2.45) is 0 Å². The molecule has 0 radical (unpaired) electrons. The molecule has 0 fully saturated rings. The Bertz CT molecular complexity index is 2180. The third-order valence-corrected chi connectivity index (χ3v) is 8.30. The van der Waals surface area contributed by atoms with Crippen LogP contribution in [0.1, 0.15) is 0 Å². The monoisotopic (exact) mass is 563 g/mol. The molecule has 7 aromatic carbocycles. The molecule has 0 bridgehead atoms. The van der Waals surface area contributed by atoms with Crippen molar-refractivity contribution in [1.29, 1.82) is 0 Å². The van der Waals surface area contributed by atoms with Crippen LogP contribution in [-0.2, 0) is 0 Å². The molecule has 2 nitrogen and oxygen atoms in total. The fraction of sp³-hybridized carbons (Fsp3) is 0. The highest BCUT2D eigenvalue weighted by molar-refractivity contribution is 6.06. The number of anilines is 3. The maximum absolute atomic E-state index is 6.05. The number of rotatable bonds is 6. The lowest BCUT2D eigenvalue weighted by Crippen LogP contribution is -2.09. The molecule has 0 aliphatic rings. The van der Waals surface area contributed by atoms with Crippen LogP contribution in [0, 0.1) is 0 Å². The summed E-state index contributed by atoms with van der Waals surface area (Å²) >= 11 is 0. The molecule has 0 saturated carbocycles. The van der Waals surface area contributed by atoms with E-state index in [9.17, 15) is 0 Å². The van der Waals surface area contributed by atoms with E-state index in [2.05, 4.69) is 169 Å². The number of furan rings is 1. The summed E-state index contributed by atoms with van der Waals surface area (Å²) in [6.07, 6.45) is 0. The number of hydrogen-bond acceptors (Lipinski definition) is 2. The van der Waals surface area contributed by atoms with E-state index in [0.29, 0.717) is 0 Å². The maximum atomic E-state index is 6.05. The molecular weight excluding hydrogens is 534 g/mol. The molecule has 8 rings (SSSR count). The molecule has 0 atom stereocenters. The minimum Gasteiger partial charge on any atom is -0.456 e. The van der Waals surface area contributed by atoms with Gasteiger partial charge in [-0.05, 0) is 88.0 Å². The lowest BCUT2D eigenvalue weighted by molar-refractivity contribution is 0.669. The molecule has 2 heteroatoms. The second kappa shape index (κ2) is 11.1. The van der Waals surface area contributed by atoms with Crippen LogP contribution >= 0.6 is 0 Å². The van der Waals surface area contributed by atoms with Crippen molar-refractivity contribution in [3.05, 3.63) is 176 Å². The fourth-order valence-corrected chi connectivity index (χ4v) is 6.02. The van der Waals surface area contributed by atoms with E-state index in [1.807, 2.05) is 12.1 Å². The van der Waals surface area contributed by atoms with Gasteiger partial charge in [0.2, 0.25) is 0 Å².